The first-order valence-corrected chi connectivity index (χ1v) is 8.91. The smallest absolute Gasteiger partial charge is 0.239 e. The van der Waals surface area contributed by atoms with E-state index in [0.29, 0.717) is 12.5 Å². The van der Waals surface area contributed by atoms with Crippen LogP contribution in [0, 0.1) is 5.92 Å². The third-order valence-corrected chi connectivity index (χ3v) is 5.60. The second kappa shape index (κ2) is 7.02. The maximum absolute atomic E-state index is 13.0. The quantitative estimate of drug-likeness (QED) is 0.928. The summed E-state index contributed by atoms with van der Waals surface area (Å²) in [6.45, 7) is 7.59. The predicted molar refractivity (Wildman–Crippen MR) is 93.0 cm³/mol. The first-order chi connectivity index (χ1) is 11.1. The number of carbonyl (C=O) groups is 1. The fraction of sp³-hybridized carbons (Fsp3) is 0.632. The van der Waals surface area contributed by atoms with Crippen molar-refractivity contribution in [2.75, 3.05) is 19.6 Å². The van der Waals surface area contributed by atoms with Gasteiger partial charge in [0.25, 0.3) is 0 Å². The second-order valence-corrected chi connectivity index (χ2v) is 7.22. The Hall–Kier alpha value is -1.39. The van der Waals surface area contributed by atoms with Gasteiger partial charge < -0.3 is 10.6 Å². The Kier molecular flexibility index (Phi) is 5.02. The molecule has 1 fully saturated rings. The Balaban J connectivity index is 1.68. The zero-order valence-electron chi connectivity index (χ0n) is 14.4. The van der Waals surface area contributed by atoms with Gasteiger partial charge in [0.2, 0.25) is 5.91 Å². The van der Waals surface area contributed by atoms with Gasteiger partial charge in [0.1, 0.15) is 0 Å². The zero-order chi connectivity index (χ0) is 16.4. The zero-order valence-corrected chi connectivity index (χ0v) is 14.4. The highest BCUT2D eigenvalue weighted by molar-refractivity contribution is 5.82. The lowest BCUT2D eigenvalue weighted by Crippen LogP contribution is -2.55. The molecule has 1 amide bonds. The highest BCUT2D eigenvalue weighted by Gasteiger charge is 2.34. The summed E-state index contributed by atoms with van der Waals surface area (Å²) in [5.41, 5.74) is 8.72. The van der Waals surface area contributed by atoms with E-state index in [0.717, 1.165) is 38.9 Å². The number of hydrogen-bond donors (Lipinski definition) is 1. The lowest BCUT2D eigenvalue weighted by Gasteiger charge is -2.42. The van der Waals surface area contributed by atoms with Gasteiger partial charge in [0.05, 0.1) is 6.04 Å². The van der Waals surface area contributed by atoms with Crippen molar-refractivity contribution < 1.29 is 4.79 Å². The molecule has 1 aromatic rings. The van der Waals surface area contributed by atoms with Gasteiger partial charge >= 0.3 is 0 Å². The fourth-order valence-electron chi connectivity index (χ4n) is 4.01. The van der Waals surface area contributed by atoms with E-state index in [2.05, 4.69) is 43.0 Å². The molecular formula is C19H29N3O. The summed E-state index contributed by atoms with van der Waals surface area (Å²) in [7, 11) is 0. The van der Waals surface area contributed by atoms with Crippen molar-refractivity contribution >= 4 is 5.91 Å². The van der Waals surface area contributed by atoms with E-state index in [4.69, 9.17) is 5.73 Å². The highest BCUT2D eigenvalue weighted by atomic mass is 16.2. The number of nitrogens with zero attached hydrogens (tertiary/aromatic N) is 2. The van der Waals surface area contributed by atoms with E-state index in [1.165, 1.54) is 11.1 Å². The molecule has 1 saturated heterocycles. The van der Waals surface area contributed by atoms with Crippen molar-refractivity contribution in [3.8, 4) is 0 Å². The Morgan fingerprint density at radius 1 is 1.30 bits per heavy atom. The van der Waals surface area contributed by atoms with Crippen LogP contribution >= 0.6 is 0 Å². The molecule has 0 radical (unpaired) electrons. The van der Waals surface area contributed by atoms with Crippen LogP contribution < -0.4 is 5.73 Å². The molecule has 0 spiro atoms. The minimum Gasteiger partial charge on any atom is -0.337 e. The molecule has 3 unspecified atom stereocenters. The summed E-state index contributed by atoms with van der Waals surface area (Å²) in [6.07, 6.45) is 3.17. The summed E-state index contributed by atoms with van der Waals surface area (Å²) in [4.78, 5) is 17.4. The molecule has 0 aliphatic carbocycles. The first kappa shape index (κ1) is 16.5. The number of benzene rings is 1. The van der Waals surface area contributed by atoms with Crippen molar-refractivity contribution in [2.45, 2.75) is 51.7 Å². The topological polar surface area (TPSA) is 49.6 Å². The van der Waals surface area contributed by atoms with Crippen LogP contribution in [0.1, 0.15) is 37.8 Å². The molecule has 0 aromatic heterocycles. The Bertz CT molecular complexity index is 559. The molecule has 2 aliphatic rings. The molecule has 3 atom stereocenters. The monoisotopic (exact) mass is 315 g/mol. The Morgan fingerprint density at radius 2 is 2.04 bits per heavy atom. The van der Waals surface area contributed by atoms with Crippen molar-refractivity contribution in [3.63, 3.8) is 0 Å². The molecule has 2 heterocycles. The summed E-state index contributed by atoms with van der Waals surface area (Å²) >= 11 is 0. The average molecular weight is 315 g/mol. The van der Waals surface area contributed by atoms with Crippen LogP contribution in [0.3, 0.4) is 0 Å². The van der Waals surface area contributed by atoms with Gasteiger partial charge in [-0.2, -0.15) is 0 Å². The lowest BCUT2D eigenvalue weighted by atomic mass is 9.91. The number of piperidine rings is 1. The van der Waals surface area contributed by atoms with E-state index >= 15 is 0 Å². The number of carbonyl (C=O) groups excluding carboxylic acids is 1. The van der Waals surface area contributed by atoms with Crippen LogP contribution in [0.15, 0.2) is 24.3 Å². The van der Waals surface area contributed by atoms with Gasteiger partial charge in [-0.05, 0) is 43.2 Å². The number of rotatable bonds is 3. The molecular weight excluding hydrogens is 286 g/mol. The fourth-order valence-corrected chi connectivity index (χ4v) is 4.01. The van der Waals surface area contributed by atoms with Crippen LogP contribution in [0.2, 0.25) is 0 Å². The molecule has 1 aromatic carbocycles. The van der Waals surface area contributed by atoms with Gasteiger partial charge in [-0.15, -0.1) is 0 Å². The summed E-state index contributed by atoms with van der Waals surface area (Å²) in [5, 5.41) is 0. The first-order valence-electron chi connectivity index (χ1n) is 8.91. The third-order valence-electron chi connectivity index (χ3n) is 5.60. The molecule has 2 aliphatic heterocycles. The van der Waals surface area contributed by atoms with Crippen LogP contribution in [0.5, 0.6) is 0 Å². The van der Waals surface area contributed by atoms with Crippen LogP contribution in [-0.4, -0.2) is 47.4 Å². The van der Waals surface area contributed by atoms with Crippen molar-refractivity contribution in [2.24, 2.45) is 11.7 Å². The molecule has 0 saturated carbocycles. The lowest BCUT2D eigenvalue weighted by molar-refractivity contribution is -0.141. The van der Waals surface area contributed by atoms with E-state index in [1.807, 2.05) is 4.90 Å². The minimum absolute atomic E-state index is 0.0641. The van der Waals surface area contributed by atoms with Crippen LogP contribution in [-0.2, 0) is 17.8 Å². The molecule has 3 rings (SSSR count). The molecule has 23 heavy (non-hydrogen) atoms. The second-order valence-electron chi connectivity index (χ2n) is 7.22. The number of fused-ring (bicyclic) bond motifs is 1. The Morgan fingerprint density at radius 3 is 2.78 bits per heavy atom. The van der Waals surface area contributed by atoms with Crippen LogP contribution in [0.4, 0.5) is 0 Å². The molecule has 4 nitrogen and oxygen atoms in total. The maximum Gasteiger partial charge on any atom is 0.239 e. The number of likely N-dealkylation sites (tertiary alicyclic amines) is 1. The van der Waals surface area contributed by atoms with Crippen LogP contribution in [0.25, 0.3) is 0 Å². The van der Waals surface area contributed by atoms with Crippen molar-refractivity contribution in [1.29, 1.82) is 0 Å². The molecule has 126 valence electrons. The average Bonchev–Trinajstić information content (AvgIpc) is 2.60. The molecule has 2 N–H and O–H groups in total. The summed E-state index contributed by atoms with van der Waals surface area (Å²) in [6, 6.07) is 8.73. The van der Waals surface area contributed by atoms with E-state index in [-0.39, 0.29) is 18.0 Å². The minimum atomic E-state index is -0.0641. The van der Waals surface area contributed by atoms with Gasteiger partial charge in [-0.25, -0.2) is 0 Å². The summed E-state index contributed by atoms with van der Waals surface area (Å²) in [5.74, 6) is 0.927. The SMILES string of the molecule is CC1CCN(C(=O)C(C)N2CCc3ccccc3C2)C(CN)C1. The van der Waals surface area contributed by atoms with Gasteiger partial charge in [0, 0.05) is 32.2 Å². The largest absolute Gasteiger partial charge is 0.337 e. The van der Waals surface area contributed by atoms with E-state index < -0.39 is 0 Å². The standard InChI is InChI=1S/C19H29N3O/c1-14-7-10-22(18(11-14)12-20)19(23)15(2)21-9-8-16-5-3-4-6-17(16)13-21/h3-6,14-15,18H,7-13,20H2,1-2H3. The predicted octanol–water partition coefficient (Wildman–Crippen LogP) is 2.02. The molecule has 4 heteroatoms. The maximum atomic E-state index is 13.0. The number of amides is 1. The normalized spacial score (nSPS) is 26.7. The Labute approximate surface area is 139 Å². The highest BCUT2D eigenvalue weighted by Crippen LogP contribution is 2.25. The van der Waals surface area contributed by atoms with Crippen molar-refractivity contribution in [1.82, 2.24) is 9.80 Å². The van der Waals surface area contributed by atoms with E-state index in [9.17, 15) is 4.79 Å². The van der Waals surface area contributed by atoms with Crippen molar-refractivity contribution in [3.05, 3.63) is 35.4 Å². The van der Waals surface area contributed by atoms with Gasteiger partial charge in [-0.1, -0.05) is 31.2 Å². The van der Waals surface area contributed by atoms with Gasteiger partial charge in [0.15, 0.2) is 0 Å². The molecule has 0 bridgehead atoms. The van der Waals surface area contributed by atoms with E-state index in [1.54, 1.807) is 0 Å². The number of nitrogens with two attached hydrogens (primary N) is 1. The van der Waals surface area contributed by atoms with Gasteiger partial charge in [-0.3, -0.25) is 9.69 Å². The summed E-state index contributed by atoms with van der Waals surface area (Å²) < 4.78 is 0. The third kappa shape index (κ3) is 3.43. The number of hydrogen-bond acceptors (Lipinski definition) is 3.